The standard InChI is InChI=1S/C12H18ClN3O2/c1-8-10(13)9(15(3)14-8)7-16-6-4-5-12(16,2)11(17)18/h4-7H2,1-3H3,(H,17,18). The summed E-state index contributed by atoms with van der Waals surface area (Å²) in [7, 11) is 1.84. The number of carbonyl (C=O) groups is 1. The summed E-state index contributed by atoms with van der Waals surface area (Å²) in [5.41, 5.74) is 0.871. The number of likely N-dealkylation sites (tertiary alicyclic amines) is 1. The molecule has 1 fully saturated rings. The van der Waals surface area contributed by atoms with E-state index < -0.39 is 11.5 Å². The minimum Gasteiger partial charge on any atom is -0.480 e. The highest BCUT2D eigenvalue weighted by Gasteiger charge is 2.43. The van der Waals surface area contributed by atoms with Crippen LogP contribution in [0.3, 0.4) is 0 Å². The Morgan fingerprint density at radius 1 is 1.61 bits per heavy atom. The molecule has 2 rings (SSSR count). The van der Waals surface area contributed by atoms with Crippen molar-refractivity contribution >= 4 is 17.6 Å². The van der Waals surface area contributed by atoms with Crippen molar-refractivity contribution in [2.24, 2.45) is 7.05 Å². The molecule has 1 N–H and O–H groups in total. The number of carboxylic acid groups (broad SMARTS) is 1. The highest BCUT2D eigenvalue weighted by atomic mass is 35.5. The lowest BCUT2D eigenvalue weighted by atomic mass is 9.99. The number of aromatic nitrogens is 2. The number of hydrogen-bond donors (Lipinski definition) is 1. The largest absolute Gasteiger partial charge is 0.480 e. The third-order valence-electron chi connectivity index (χ3n) is 3.85. The monoisotopic (exact) mass is 271 g/mol. The molecule has 0 radical (unpaired) electrons. The summed E-state index contributed by atoms with van der Waals surface area (Å²) in [5, 5.41) is 14.3. The predicted octanol–water partition coefficient (Wildman–Crippen LogP) is 1.82. The van der Waals surface area contributed by atoms with Crippen molar-refractivity contribution in [3.05, 3.63) is 16.4 Å². The highest BCUT2D eigenvalue weighted by molar-refractivity contribution is 6.31. The van der Waals surface area contributed by atoms with Crippen LogP contribution in [-0.2, 0) is 18.4 Å². The average Bonchev–Trinajstić information content (AvgIpc) is 2.77. The molecule has 5 nitrogen and oxygen atoms in total. The molecule has 0 bridgehead atoms. The van der Waals surface area contributed by atoms with Gasteiger partial charge in [-0.05, 0) is 33.2 Å². The van der Waals surface area contributed by atoms with Gasteiger partial charge in [0, 0.05) is 13.6 Å². The third kappa shape index (κ3) is 2.01. The first-order valence-corrected chi connectivity index (χ1v) is 6.40. The second kappa shape index (κ2) is 4.55. The van der Waals surface area contributed by atoms with Crippen molar-refractivity contribution < 1.29 is 9.90 Å². The normalized spacial score (nSPS) is 24.7. The van der Waals surface area contributed by atoms with Crippen molar-refractivity contribution in [2.75, 3.05) is 6.54 Å². The minimum atomic E-state index is -0.790. The maximum atomic E-state index is 11.4. The smallest absolute Gasteiger partial charge is 0.323 e. The second-order valence-corrected chi connectivity index (χ2v) is 5.45. The van der Waals surface area contributed by atoms with Crippen molar-refractivity contribution in [2.45, 2.75) is 38.8 Å². The van der Waals surface area contributed by atoms with Gasteiger partial charge in [0.05, 0.1) is 16.4 Å². The van der Waals surface area contributed by atoms with Crippen LogP contribution in [0.1, 0.15) is 31.2 Å². The summed E-state index contributed by atoms with van der Waals surface area (Å²) in [6.45, 7) is 4.94. The fraction of sp³-hybridized carbons (Fsp3) is 0.667. The SMILES string of the molecule is Cc1nn(C)c(CN2CCCC2(C)C(=O)O)c1Cl. The van der Waals surface area contributed by atoms with E-state index in [0.29, 0.717) is 18.0 Å². The molecule has 0 amide bonds. The fourth-order valence-corrected chi connectivity index (χ4v) is 2.77. The molecule has 2 heterocycles. The zero-order valence-corrected chi connectivity index (χ0v) is 11.7. The van der Waals surface area contributed by atoms with E-state index in [1.807, 2.05) is 18.9 Å². The van der Waals surface area contributed by atoms with Crippen LogP contribution in [0.25, 0.3) is 0 Å². The van der Waals surface area contributed by atoms with E-state index in [1.165, 1.54) is 0 Å². The molecular formula is C12H18ClN3O2. The lowest BCUT2D eigenvalue weighted by Gasteiger charge is -2.31. The molecule has 0 aromatic carbocycles. The van der Waals surface area contributed by atoms with Crippen LogP contribution in [0, 0.1) is 6.92 Å². The quantitative estimate of drug-likeness (QED) is 0.911. The average molecular weight is 272 g/mol. The van der Waals surface area contributed by atoms with Crippen LogP contribution in [0.4, 0.5) is 0 Å². The first kappa shape index (κ1) is 13.4. The molecule has 100 valence electrons. The topological polar surface area (TPSA) is 58.4 Å². The van der Waals surface area contributed by atoms with Gasteiger partial charge < -0.3 is 5.11 Å². The highest BCUT2D eigenvalue weighted by Crippen LogP contribution is 2.32. The molecule has 1 aliphatic rings. The van der Waals surface area contributed by atoms with Gasteiger partial charge in [0.15, 0.2) is 0 Å². The Morgan fingerprint density at radius 2 is 2.28 bits per heavy atom. The number of nitrogens with zero attached hydrogens (tertiary/aromatic N) is 3. The zero-order chi connectivity index (χ0) is 13.5. The van der Waals surface area contributed by atoms with E-state index in [4.69, 9.17) is 11.6 Å². The van der Waals surface area contributed by atoms with E-state index >= 15 is 0 Å². The second-order valence-electron chi connectivity index (χ2n) is 5.07. The van der Waals surface area contributed by atoms with Gasteiger partial charge in [-0.3, -0.25) is 14.4 Å². The lowest BCUT2D eigenvalue weighted by molar-refractivity contribution is -0.149. The van der Waals surface area contributed by atoms with Gasteiger partial charge in [-0.25, -0.2) is 0 Å². The van der Waals surface area contributed by atoms with E-state index in [0.717, 1.165) is 24.4 Å². The summed E-state index contributed by atoms with van der Waals surface area (Å²) in [4.78, 5) is 13.4. The molecule has 1 aliphatic heterocycles. The molecule has 1 aromatic rings. The maximum Gasteiger partial charge on any atom is 0.323 e. The summed E-state index contributed by atoms with van der Waals surface area (Å²) >= 11 is 6.21. The molecule has 1 unspecified atom stereocenters. The van der Waals surface area contributed by atoms with Crippen molar-refractivity contribution in [1.82, 2.24) is 14.7 Å². The van der Waals surface area contributed by atoms with Crippen LogP contribution in [0.15, 0.2) is 0 Å². The van der Waals surface area contributed by atoms with E-state index in [2.05, 4.69) is 5.10 Å². The number of aliphatic carboxylic acids is 1. The molecule has 0 saturated carbocycles. The molecule has 18 heavy (non-hydrogen) atoms. The number of aryl methyl sites for hydroxylation is 2. The van der Waals surface area contributed by atoms with E-state index in [-0.39, 0.29) is 0 Å². The number of carboxylic acids is 1. The number of hydrogen-bond acceptors (Lipinski definition) is 3. The first-order chi connectivity index (χ1) is 8.36. The third-order valence-corrected chi connectivity index (χ3v) is 4.34. The molecule has 0 spiro atoms. The van der Waals surface area contributed by atoms with Crippen LogP contribution >= 0.6 is 11.6 Å². The van der Waals surface area contributed by atoms with Gasteiger partial charge in [0.25, 0.3) is 0 Å². The maximum absolute atomic E-state index is 11.4. The molecule has 6 heteroatoms. The van der Waals surface area contributed by atoms with Crippen molar-refractivity contribution in [1.29, 1.82) is 0 Å². The van der Waals surface area contributed by atoms with Crippen LogP contribution in [0.2, 0.25) is 5.02 Å². The first-order valence-electron chi connectivity index (χ1n) is 6.02. The van der Waals surface area contributed by atoms with Crippen LogP contribution in [0.5, 0.6) is 0 Å². The Kier molecular flexibility index (Phi) is 3.38. The summed E-state index contributed by atoms with van der Waals surface area (Å²) in [6.07, 6.45) is 1.58. The van der Waals surface area contributed by atoms with Gasteiger partial charge in [-0.2, -0.15) is 5.10 Å². The fourth-order valence-electron chi connectivity index (χ4n) is 2.55. The minimum absolute atomic E-state index is 0.527. The zero-order valence-electron chi connectivity index (χ0n) is 10.9. The van der Waals surface area contributed by atoms with Crippen molar-refractivity contribution in [3.63, 3.8) is 0 Å². The predicted molar refractivity (Wildman–Crippen MR) is 68.6 cm³/mol. The summed E-state index contributed by atoms with van der Waals surface area (Å²) in [5.74, 6) is -0.769. The van der Waals surface area contributed by atoms with E-state index in [9.17, 15) is 9.90 Å². The van der Waals surface area contributed by atoms with Crippen LogP contribution in [-0.4, -0.2) is 37.8 Å². The summed E-state index contributed by atoms with van der Waals surface area (Å²) in [6, 6.07) is 0. The van der Waals surface area contributed by atoms with E-state index in [1.54, 1.807) is 11.6 Å². The van der Waals surface area contributed by atoms with Crippen LogP contribution < -0.4 is 0 Å². The molecule has 0 aliphatic carbocycles. The van der Waals surface area contributed by atoms with Gasteiger partial charge in [0.1, 0.15) is 5.54 Å². The van der Waals surface area contributed by atoms with Gasteiger partial charge in [0.2, 0.25) is 0 Å². The molecule has 1 saturated heterocycles. The number of halogens is 1. The van der Waals surface area contributed by atoms with Gasteiger partial charge in [-0.15, -0.1) is 0 Å². The summed E-state index contributed by atoms with van der Waals surface area (Å²) < 4.78 is 1.73. The Labute approximate surface area is 111 Å². The Hall–Kier alpha value is -1.07. The lowest BCUT2D eigenvalue weighted by Crippen LogP contribution is -2.47. The Morgan fingerprint density at radius 3 is 2.78 bits per heavy atom. The molecule has 1 aromatic heterocycles. The van der Waals surface area contributed by atoms with Gasteiger partial charge >= 0.3 is 5.97 Å². The van der Waals surface area contributed by atoms with Crippen molar-refractivity contribution in [3.8, 4) is 0 Å². The Balaban J connectivity index is 2.26. The molecular weight excluding hydrogens is 254 g/mol. The number of rotatable bonds is 3. The van der Waals surface area contributed by atoms with Gasteiger partial charge in [-0.1, -0.05) is 11.6 Å². The molecule has 1 atom stereocenters. The Bertz CT molecular complexity index is 486.